The van der Waals surface area contributed by atoms with Gasteiger partial charge in [0.25, 0.3) is 5.79 Å². The van der Waals surface area contributed by atoms with Crippen LogP contribution in [0.3, 0.4) is 0 Å². The summed E-state index contributed by atoms with van der Waals surface area (Å²) in [5, 5.41) is 136. The highest BCUT2D eigenvalue weighted by atomic mass is 16.8. The summed E-state index contributed by atoms with van der Waals surface area (Å²) in [5.74, 6) is -6.10. The van der Waals surface area contributed by atoms with Crippen molar-refractivity contribution in [3.8, 4) is 0 Å². The number of carboxylic acid groups (broad SMARTS) is 1. The van der Waals surface area contributed by atoms with E-state index in [1.165, 1.54) is 173 Å². The first-order chi connectivity index (χ1) is 46.9. The first-order valence-corrected chi connectivity index (χ1v) is 38.5. The van der Waals surface area contributed by atoms with Crippen molar-refractivity contribution in [2.75, 3.05) is 26.4 Å². The number of rotatable bonds is 60. The van der Waals surface area contributed by atoms with E-state index >= 15 is 0 Å². The zero-order valence-corrected chi connectivity index (χ0v) is 60.0. The maximum Gasteiger partial charge on any atom is 0.364 e. The number of amides is 2. The Morgan fingerprint density at radius 2 is 0.959 bits per heavy atom. The highest BCUT2D eigenvalue weighted by Gasteiger charge is 2.60. The van der Waals surface area contributed by atoms with Crippen molar-refractivity contribution in [2.45, 2.75) is 413 Å². The summed E-state index contributed by atoms with van der Waals surface area (Å²) >= 11 is 0. The van der Waals surface area contributed by atoms with Gasteiger partial charge in [0.2, 0.25) is 11.8 Å². The lowest BCUT2D eigenvalue weighted by Crippen LogP contribution is -2.70. The summed E-state index contributed by atoms with van der Waals surface area (Å²) < 4.78 is 34.9. The molecule has 3 heterocycles. The molecule has 0 saturated carbocycles. The topological polar surface area (TPSA) is 373 Å². The van der Waals surface area contributed by atoms with Crippen LogP contribution in [-0.4, -0.2) is 215 Å². The molecule has 570 valence electrons. The standard InChI is InChI=1S/C74H138N2O21/c1-4-6-8-10-12-14-16-18-20-22-24-25-26-27-28-30-31-33-35-37-39-41-43-45-47-56(81)55(76-61(84)48-46-44-42-40-38-36-34-32-29-23-21-19-17-15-13-11-9-7-5-2)53-92-71-66(88)65(87)68(60(52-79)94-71)95-72-67(89)70(64(86)59(51-78)93-72)97-74(73(90)91)49-57(82)62(75-54(3)80)69(96-74)63(85)58(83)50-77/h23,29,55-60,62-72,77-79,81-83,85-89H,4-22,24-28,30-53H2,1-3H3,(H,75,80)(H,76,84)(H,90,91)/b29-23-. The highest BCUT2D eigenvalue weighted by molar-refractivity contribution is 5.77. The maximum absolute atomic E-state index is 13.5. The van der Waals surface area contributed by atoms with Crippen molar-refractivity contribution in [2.24, 2.45) is 0 Å². The second-order valence-corrected chi connectivity index (χ2v) is 28.2. The van der Waals surface area contributed by atoms with Crippen molar-refractivity contribution in [1.82, 2.24) is 10.6 Å². The quantitative estimate of drug-likeness (QED) is 0.0199. The van der Waals surface area contributed by atoms with Crippen LogP contribution in [0.15, 0.2) is 12.2 Å². The number of aliphatic hydroxyl groups is 11. The molecule has 18 unspecified atom stereocenters. The van der Waals surface area contributed by atoms with Crippen LogP contribution in [0.2, 0.25) is 0 Å². The van der Waals surface area contributed by atoms with E-state index in [1.807, 2.05) is 0 Å². The van der Waals surface area contributed by atoms with Crippen LogP contribution in [0, 0.1) is 0 Å². The minimum atomic E-state index is -3.08. The van der Waals surface area contributed by atoms with Crippen molar-refractivity contribution >= 4 is 17.8 Å². The van der Waals surface area contributed by atoms with Gasteiger partial charge in [-0.3, -0.25) is 9.59 Å². The SMILES string of the molecule is CCCCCCCCCC/C=C\CCCCCCCCCC(=O)NC(COC1OC(CO)C(OC2OC(CO)C(O)C(OC3(C(=O)O)CC(O)C(NC(C)=O)C(C(O)C(O)CO)O3)C2O)C(O)C1O)C(O)CCCCCCCCCCCCCCCCCCCCCCCCCC. The molecule has 14 N–H and O–H groups in total. The van der Waals surface area contributed by atoms with Crippen molar-refractivity contribution < 1.29 is 104 Å². The molecular formula is C74H138N2O21. The predicted octanol–water partition coefficient (Wildman–Crippen LogP) is 9.02. The Balaban J connectivity index is 1.54. The van der Waals surface area contributed by atoms with Crippen molar-refractivity contribution in [3.63, 3.8) is 0 Å². The van der Waals surface area contributed by atoms with E-state index < -0.39 is 148 Å². The van der Waals surface area contributed by atoms with Gasteiger partial charge in [0.05, 0.1) is 50.7 Å². The Morgan fingerprint density at radius 3 is 1.39 bits per heavy atom. The minimum Gasteiger partial charge on any atom is -0.477 e. The molecule has 0 spiro atoms. The van der Waals surface area contributed by atoms with Gasteiger partial charge in [0.15, 0.2) is 12.6 Å². The van der Waals surface area contributed by atoms with Gasteiger partial charge in [-0.15, -0.1) is 0 Å². The van der Waals surface area contributed by atoms with Crippen molar-refractivity contribution in [1.29, 1.82) is 0 Å². The van der Waals surface area contributed by atoms with Gasteiger partial charge in [-0.25, -0.2) is 4.79 Å². The number of carbonyl (C=O) groups excluding carboxylic acids is 2. The van der Waals surface area contributed by atoms with Crippen LogP contribution < -0.4 is 10.6 Å². The number of hydrogen-bond acceptors (Lipinski definition) is 20. The zero-order valence-electron chi connectivity index (χ0n) is 60.0. The van der Waals surface area contributed by atoms with Gasteiger partial charge in [0.1, 0.15) is 67.1 Å². The number of carboxylic acids is 1. The lowest BCUT2D eigenvalue weighted by molar-refractivity contribution is -0.386. The molecule has 0 aromatic heterocycles. The van der Waals surface area contributed by atoms with Gasteiger partial charge in [0, 0.05) is 19.8 Å². The van der Waals surface area contributed by atoms with E-state index in [0.717, 1.165) is 84.0 Å². The first kappa shape index (κ1) is 88.7. The van der Waals surface area contributed by atoms with Gasteiger partial charge in [-0.05, 0) is 38.5 Å². The highest BCUT2D eigenvalue weighted by Crippen LogP contribution is 2.39. The van der Waals surface area contributed by atoms with E-state index in [1.54, 1.807) is 0 Å². The maximum atomic E-state index is 13.5. The molecule has 0 aliphatic carbocycles. The largest absolute Gasteiger partial charge is 0.477 e. The molecule has 0 radical (unpaired) electrons. The zero-order chi connectivity index (χ0) is 71.1. The van der Waals surface area contributed by atoms with Gasteiger partial charge < -0.3 is 100 Å². The molecule has 97 heavy (non-hydrogen) atoms. The van der Waals surface area contributed by atoms with Crippen LogP contribution in [0.1, 0.15) is 303 Å². The summed E-state index contributed by atoms with van der Waals surface area (Å²) in [4.78, 5) is 38.7. The summed E-state index contributed by atoms with van der Waals surface area (Å²) in [6.07, 6.45) is 26.3. The molecule has 2 amide bonds. The molecule has 18 atom stereocenters. The van der Waals surface area contributed by atoms with E-state index in [9.17, 15) is 75.7 Å². The van der Waals surface area contributed by atoms with Crippen LogP contribution in [0.5, 0.6) is 0 Å². The number of aliphatic hydroxyl groups excluding tert-OH is 11. The van der Waals surface area contributed by atoms with Crippen molar-refractivity contribution in [3.05, 3.63) is 12.2 Å². The lowest BCUT2D eigenvalue weighted by Gasteiger charge is -2.50. The Kier molecular flexibility index (Phi) is 49.5. The Hall–Kier alpha value is -2.53. The number of unbranched alkanes of at least 4 members (excludes halogenated alkanes) is 38. The molecular weight excluding hydrogens is 1250 g/mol. The number of aliphatic carboxylic acids is 1. The number of carbonyl (C=O) groups is 3. The first-order valence-electron chi connectivity index (χ1n) is 38.5. The second kappa shape index (κ2) is 54.2. The second-order valence-electron chi connectivity index (χ2n) is 28.2. The molecule has 0 aromatic rings. The molecule has 0 aromatic carbocycles. The average molecular weight is 1390 g/mol. The molecule has 3 rings (SSSR count). The van der Waals surface area contributed by atoms with E-state index in [4.69, 9.17) is 28.4 Å². The van der Waals surface area contributed by atoms with Crippen LogP contribution in [-0.2, 0) is 42.8 Å². The van der Waals surface area contributed by atoms with Gasteiger partial charge in [-0.1, -0.05) is 257 Å². The molecule has 3 aliphatic rings. The summed E-state index contributed by atoms with van der Waals surface area (Å²) in [5.41, 5.74) is 0. The Bertz CT molecular complexity index is 2000. The third kappa shape index (κ3) is 35.5. The normalized spacial score (nSPS) is 27.4. The Morgan fingerprint density at radius 1 is 0.526 bits per heavy atom. The smallest absolute Gasteiger partial charge is 0.364 e. The Labute approximate surface area is 581 Å². The number of ether oxygens (including phenoxy) is 6. The molecule has 3 saturated heterocycles. The minimum absolute atomic E-state index is 0.220. The monoisotopic (exact) mass is 1390 g/mol. The summed E-state index contributed by atoms with van der Waals surface area (Å²) in [6.45, 7) is 2.24. The third-order valence-corrected chi connectivity index (χ3v) is 19.7. The molecule has 3 fully saturated rings. The van der Waals surface area contributed by atoms with Crippen LogP contribution in [0.4, 0.5) is 0 Å². The van der Waals surface area contributed by atoms with Gasteiger partial charge in [-0.2, -0.15) is 0 Å². The number of nitrogens with one attached hydrogen (secondary N) is 2. The van der Waals surface area contributed by atoms with E-state index in [2.05, 4.69) is 36.6 Å². The van der Waals surface area contributed by atoms with Gasteiger partial charge >= 0.3 is 5.97 Å². The lowest BCUT2D eigenvalue weighted by atomic mass is 9.88. The fourth-order valence-corrected chi connectivity index (χ4v) is 13.6. The average Bonchev–Trinajstić information content (AvgIpc) is 0.760. The summed E-state index contributed by atoms with van der Waals surface area (Å²) in [6, 6.07) is -2.53. The van der Waals surface area contributed by atoms with Crippen LogP contribution in [0.25, 0.3) is 0 Å². The molecule has 23 nitrogen and oxygen atoms in total. The predicted molar refractivity (Wildman–Crippen MR) is 371 cm³/mol. The molecule has 0 bridgehead atoms. The number of allylic oxidation sites excluding steroid dienone is 2. The third-order valence-electron chi connectivity index (χ3n) is 19.7. The fraction of sp³-hybridized carbons (Fsp3) is 0.932. The van der Waals surface area contributed by atoms with Crippen LogP contribution >= 0.6 is 0 Å². The van der Waals surface area contributed by atoms with E-state index in [-0.39, 0.29) is 18.9 Å². The number of hydrogen-bond donors (Lipinski definition) is 14. The van der Waals surface area contributed by atoms with E-state index in [0.29, 0.717) is 19.3 Å². The molecule has 23 heteroatoms. The molecule has 3 aliphatic heterocycles. The fourth-order valence-electron chi connectivity index (χ4n) is 13.6. The summed E-state index contributed by atoms with van der Waals surface area (Å²) in [7, 11) is 0.